The van der Waals surface area contributed by atoms with Crippen molar-refractivity contribution in [1.82, 2.24) is 10.9 Å². The first-order valence-electron chi connectivity index (χ1n) is 11.3. The lowest BCUT2D eigenvalue weighted by atomic mass is 9.67. The number of hydrazine groups is 1. The van der Waals surface area contributed by atoms with Crippen molar-refractivity contribution in [2.24, 2.45) is 11.6 Å². The Morgan fingerprint density at radius 1 is 1.15 bits per heavy atom. The van der Waals surface area contributed by atoms with Gasteiger partial charge in [-0.3, -0.25) is 25.0 Å². The maximum atomic E-state index is 13.4. The van der Waals surface area contributed by atoms with Crippen molar-refractivity contribution >= 4 is 23.7 Å². The summed E-state index contributed by atoms with van der Waals surface area (Å²) in [4.78, 5) is 39.5. The lowest BCUT2D eigenvalue weighted by molar-refractivity contribution is -0.138. The number of ketones is 1. The van der Waals surface area contributed by atoms with Crippen molar-refractivity contribution in [3.05, 3.63) is 76.9 Å². The molecule has 0 saturated heterocycles. The maximum absolute atomic E-state index is 13.4. The van der Waals surface area contributed by atoms with Gasteiger partial charge in [-0.25, -0.2) is 11.3 Å². The minimum absolute atomic E-state index is 0.153. The van der Waals surface area contributed by atoms with Gasteiger partial charge in [-0.2, -0.15) is 0 Å². The number of hydrogen-bond donors (Lipinski definition) is 5. The Hall–Kier alpha value is -3.33. The molecule has 0 radical (unpaired) electrons. The zero-order valence-corrected chi connectivity index (χ0v) is 19.9. The smallest absolute Gasteiger partial charge is 0.252 e. The van der Waals surface area contributed by atoms with Gasteiger partial charge in [0.1, 0.15) is 5.41 Å². The molecular weight excluding hydrogens is 432 g/mol. The third-order valence-electron chi connectivity index (χ3n) is 5.93. The van der Waals surface area contributed by atoms with E-state index in [9.17, 15) is 19.6 Å². The number of hydroxylamine groups is 1. The Labute approximate surface area is 200 Å². The van der Waals surface area contributed by atoms with Gasteiger partial charge in [0.05, 0.1) is 12.0 Å². The summed E-state index contributed by atoms with van der Waals surface area (Å²) < 4.78 is 0. The van der Waals surface area contributed by atoms with E-state index in [1.54, 1.807) is 23.7 Å². The Bertz CT molecular complexity index is 1040. The van der Waals surface area contributed by atoms with Gasteiger partial charge in [0.25, 0.3) is 11.8 Å². The number of benzene rings is 2. The van der Waals surface area contributed by atoms with Crippen molar-refractivity contribution in [2.45, 2.75) is 57.4 Å². The number of nitrogens with one attached hydrogen (secondary N) is 2. The third kappa shape index (κ3) is 5.77. The van der Waals surface area contributed by atoms with Crippen molar-refractivity contribution < 1.29 is 19.6 Å². The molecule has 2 aromatic rings. The molecule has 182 valence electrons. The second kappa shape index (κ2) is 12.2. The van der Waals surface area contributed by atoms with Crippen LogP contribution in [-0.2, 0) is 19.8 Å². The molecule has 34 heavy (non-hydrogen) atoms. The van der Waals surface area contributed by atoms with E-state index in [1.165, 1.54) is 6.92 Å². The quantitative estimate of drug-likeness (QED) is 0.113. The zero-order valence-electron chi connectivity index (χ0n) is 19.9. The Kier molecular flexibility index (Phi) is 9.68. The molecule has 2 aromatic carbocycles. The molecule has 8 heteroatoms. The fraction of sp³-hybridized carbons (Fsp3) is 0.346. The summed E-state index contributed by atoms with van der Waals surface area (Å²) in [5, 5.41) is 9.49. The van der Waals surface area contributed by atoms with Crippen molar-refractivity contribution in [2.75, 3.05) is 0 Å². The first-order chi connectivity index (χ1) is 16.2. The van der Waals surface area contributed by atoms with E-state index in [-0.39, 0.29) is 12.8 Å². The molecule has 7 N–H and O–H groups in total. The lowest BCUT2D eigenvalue weighted by Gasteiger charge is -2.35. The van der Waals surface area contributed by atoms with Gasteiger partial charge in [0.15, 0.2) is 5.78 Å². The van der Waals surface area contributed by atoms with E-state index in [4.69, 9.17) is 11.6 Å². The van der Waals surface area contributed by atoms with Crippen molar-refractivity contribution in [3.8, 4) is 0 Å². The highest BCUT2D eigenvalue weighted by Crippen LogP contribution is 2.39. The summed E-state index contributed by atoms with van der Waals surface area (Å²) in [6.07, 6.45) is 4.55. The first-order valence-corrected chi connectivity index (χ1v) is 11.3. The van der Waals surface area contributed by atoms with E-state index in [0.29, 0.717) is 17.5 Å². The SMILES string of the molecule is CCC[C@](C(=O)NN)(C(=O)[C@H](C)N)c1ccc(C)cc1[C@H](C/C=C/c1ccccc1)C(=O)NO. The molecule has 0 aliphatic carbocycles. The number of hydrogen-bond acceptors (Lipinski definition) is 6. The molecule has 0 aliphatic heterocycles. The summed E-state index contributed by atoms with van der Waals surface area (Å²) in [6, 6.07) is 13.8. The zero-order chi connectivity index (χ0) is 25.3. The molecule has 2 amide bonds. The minimum atomic E-state index is -1.68. The fourth-order valence-corrected chi connectivity index (χ4v) is 4.34. The summed E-state index contributed by atoms with van der Waals surface area (Å²) in [5.41, 5.74) is 10.7. The van der Waals surface area contributed by atoms with Gasteiger partial charge in [0.2, 0.25) is 0 Å². The minimum Gasteiger partial charge on any atom is -0.322 e. The highest BCUT2D eigenvalue weighted by atomic mass is 16.5. The van der Waals surface area contributed by atoms with Crippen LogP contribution in [0.1, 0.15) is 61.3 Å². The van der Waals surface area contributed by atoms with Crippen LogP contribution in [0.25, 0.3) is 6.08 Å². The number of carbonyl (C=O) groups excluding carboxylic acids is 3. The topological polar surface area (TPSA) is 148 Å². The largest absolute Gasteiger partial charge is 0.322 e. The predicted octanol–water partition coefficient (Wildman–Crippen LogP) is 2.63. The van der Waals surface area contributed by atoms with Gasteiger partial charge in [0, 0.05) is 0 Å². The van der Waals surface area contributed by atoms with Gasteiger partial charge in [-0.05, 0) is 43.4 Å². The highest BCUT2D eigenvalue weighted by Gasteiger charge is 2.49. The van der Waals surface area contributed by atoms with E-state index in [0.717, 1.165) is 11.1 Å². The van der Waals surface area contributed by atoms with E-state index >= 15 is 0 Å². The van der Waals surface area contributed by atoms with Crippen LogP contribution in [0.15, 0.2) is 54.6 Å². The van der Waals surface area contributed by atoms with Gasteiger partial charge < -0.3 is 5.73 Å². The molecule has 0 heterocycles. The molecule has 0 bridgehead atoms. The van der Waals surface area contributed by atoms with Gasteiger partial charge >= 0.3 is 0 Å². The van der Waals surface area contributed by atoms with Crippen LogP contribution in [0.3, 0.4) is 0 Å². The van der Waals surface area contributed by atoms with Crippen LogP contribution in [0.4, 0.5) is 0 Å². The van der Waals surface area contributed by atoms with E-state index in [2.05, 4.69) is 5.43 Å². The average molecular weight is 467 g/mol. The number of allylic oxidation sites excluding steroid dienone is 1. The van der Waals surface area contributed by atoms with Crippen molar-refractivity contribution in [3.63, 3.8) is 0 Å². The number of aryl methyl sites for hydroxylation is 1. The summed E-state index contributed by atoms with van der Waals surface area (Å²) in [5.74, 6) is 2.81. The number of amides is 2. The van der Waals surface area contributed by atoms with Crippen molar-refractivity contribution in [1.29, 1.82) is 0 Å². The van der Waals surface area contributed by atoms with Gasteiger partial charge in [-0.1, -0.05) is 79.6 Å². The van der Waals surface area contributed by atoms with Crippen LogP contribution in [0, 0.1) is 6.92 Å². The van der Waals surface area contributed by atoms with Crippen LogP contribution < -0.4 is 22.5 Å². The Morgan fingerprint density at radius 3 is 2.38 bits per heavy atom. The highest BCUT2D eigenvalue weighted by molar-refractivity contribution is 6.13. The molecule has 8 nitrogen and oxygen atoms in total. The second-order valence-corrected chi connectivity index (χ2v) is 8.45. The lowest BCUT2D eigenvalue weighted by Crippen LogP contribution is -2.57. The number of Topliss-reactive ketones (excluding diaryl/α,β-unsaturated/α-hetero) is 1. The van der Waals surface area contributed by atoms with E-state index in [1.807, 2.05) is 56.3 Å². The summed E-state index contributed by atoms with van der Waals surface area (Å²) in [7, 11) is 0. The number of nitrogens with two attached hydrogens (primary N) is 2. The standard InChI is InChI=1S/C26H34N4O4/c1-4-15-26(25(33)29-28,23(31)18(3)27)22-14-13-17(2)16-21(22)20(24(32)30-34)12-8-11-19-9-6-5-7-10-19/h5-11,13-14,16,18,20,34H,4,12,15,27-28H2,1-3H3,(H,29,33)(H,30,32)/b11-8+/t18-,20-,26+/m0/s1. The van der Waals surface area contributed by atoms with Crippen LogP contribution in [-0.4, -0.2) is 28.8 Å². The van der Waals surface area contributed by atoms with Crippen LogP contribution in [0.5, 0.6) is 0 Å². The van der Waals surface area contributed by atoms with Crippen LogP contribution >= 0.6 is 0 Å². The normalized spacial score (nSPS) is 14.8. The fourth-order valence-electron chi connectivity index (χ4n) is 4.34. The number of rotatable bonds is 11. The third-order valence-corrected chi connectivity index (χ3v) is 5.93. The Balaban J connectivity index is 2.72. The second-order valence-electron chi connectivity index (χ2n) is 8.45. The predicted molar refractivity (Wildman–Crippen MR) is 132 cm³/mol. The molecular formula is C26H34N4O4. The Morgan fingerprint density at radius 2 is 1.82 bits per heavy atom. The maximum Gasteiger partial charge on any atom is 0.252 e. The van der Waals surface area contributed by atoms with Gasteiger partial charge in [-0.15, -0.1) is 0 Å². The molecule has 0 unspecified atom stereocenters. The molecule has 0 spiro atoms. The number of carbonyl (C=O) groups is 3. The van der Waals surface area contributed by atoms with Crippen LogP contribution in [0.2, 0.25) is 0 Å². The summed E-state index contributed by atoms with van der Waals surface area (Å²) in [6.45, 7) is 5.21. The molecule has 0 aromatic heterocycles. The molecule has 0 saturated carbocycles. The molecule has 3 atom stereocenters. The molecule has 0 aliphatic rings. The first kappa shape index (κ1) is 26.9. The monoisotopic (exact) mass is 466 g/mol. The summed E-state index contributed by atoms with van der Waals surface area (Å²) >= 11 is 0. The molecule has 0 fully saturated rings. The average Bonchev–Trinajstić information content (AvgIpc) is 2.84. The molecule has 2 rings (SSSR count). The van der Waals surface area contributed by atoms with E-state index < -0.39 is 35.0 Å².